The maximum atomic E-state index is 5.98. The third kappa shape index (κ3) is 2.13. The normalized spacial score (nSPS) is 13.5. The van der Waals surface area contributed by atoms with Gasteiger partial charge in [0.1, 0.15) is 22.7 Å². The molecule has 0 amide bonds. The van der Waals surface area contributed by atoms with Crippen LogP contribution in [0, 0.1) is 0 Å². The van der Waals surface area contributed by atoms with Gasteiger partial charge < -0.3 is 8.83 Å². The molecule has 1 aromatic carbocycles. The van der Waals surface area contributed by atoms with Crippen LogP contribution in [-0.2, 0) is 10.8 Å². The Morgan fingerprint density at radius 2 is 1.00 bits per heavy atom. The van der Waals surface area contributed by atoms with E-state index in [9.17, 15) is 0 Å². The first-order valence-corrected chi connectivity index (χ1v) is 7.13. The average molecular weight is 270 g/mol. The molecule has 2 heteroatoms. The summed E-state index contributed by atoms with van der Waals surface area (Å²) in [6.07, 6.45) is 0. The summed E-state index contributed by atoms with van der Waals surface area (Å²) in [4.78, 5) is 0. The number of hydrogen-bond donors (Lipinski definition) is 0. The molecule has 2 nitrogen and oxygen atoms in total. The highest BCUT2D eigenvalue weighted by Gasteiger charge is 2.21. The molecular weight excluding hydrogens is 248 g/mol. The van der Waals surface area contributed by atoms with Gasteiger partial charge in [-0.3, -0.25) is 0 Å². The minimum Gasteiger partial charge on any atom is -0.460 e. The number of rotatable bonds is 0. The van der Waals surface area contributed by atoms with Gasteiger partial charge in [-0.2, -0.15) is 0 Å². The summed E-state index contributed by atoms with van der Waals surface area (Å²) in [6, 6.07) is 8.44. The van der Waals surface area contributed by atoms with Crippen molar-refractivity contribution in [2.75, 3.05) is 0 Å². The van der Waals surface area contributed by atoms with E-state index in [-0.39, 0.29) is 10.8 Å². The van der Waals surface area contributed by atoms with Crippen LogP contribution in [0.5, 0.6) is 0 Å². The molecule has 2 heterocycles. The Hall–Kier alpha value is -1.70. The maximum Gasteiger partial charge on any atom is 0.138 e. The number of benzene rings is 1. The lowest BCUT2D eigenvalue weighted by molar-refractivity contribution is 0.425. The van der Waals surface area contributed by atoms with E-state index in [0.29, 0.717) is 0 Å². The Morgan fingerprint density at radius 3 is 1.35 bits per heavy atom. The van der Waals surface area contributed by atoms with Crippen LogP contribution in [0.1, 0.15) is 53.1 Å². The molecule has 106 valence electrons. The van der Waals surface area contributed by atoms with Crippen molar-refractivity contribution in [2.24, 2.45) is 0 Å². The number of furan rings is 2. The van der Waals surface area contributed by atoms with Crippen molar-refractivity contribution in [2.45, 2.75) is 52.4 Å². The number of hydrogen-bond acceptors (Lipinski definition) is 2. The lowest BCUT2D eigenvalue weighted by Crippen LogP contribution is -2.08. The van der Waals surface area contributed by atoms with Crippen molar-refractivity contribution in [1.29, 1.82) is 0 Å². The smallest absolute Gasteiger partial charge is 0.138 e. The van der Waals surface area contributed by atoms with Crippen LogP contribution in [0.2, 0.25) is 0 Å². The van der Waals surface area contributed by atoms with Crippen LogP contribution in [0.3, 0.4) is 0 Å². The molecule has 0 radical (unpaired) electrons. The third-order valence-electron chi connectivity index (χ3n) is 3.63. The van der Waals surface area contributed by atoms with Crippen LogP contribution in [-0.4, -0.2) is 0 Å². The quantitative estimate of drug-likeness (QED) is 0.518. The summed E-state index contributed by atoms with van der Waals surface area (Å²) in [7, 11) is 0. The highest BCUT2D eigenvalue weighted by atomic mass is 16.3. The third-order valence-corrected chi connectivity index (χ3v) is 3.63. The van der Waals surface area contributed by atoms with Crippen molar-refractivity contribution >= 4 is 21.9 Å². The van der Waals surface area contributed by atoms with Gasteiger partial charge in [0.2, 0.25) is 0 Å². The Balaban J connectivity index is 2.20. The van der Waals surface area contributed by atoms with Crippen molar-refractivity contribution in [3.63, 3.8) is 0 Å². The predicted molar refractivity (Wildman–Crippen MR) is 83.4 cm³/mol. The van der Waals surface area contributed by atoms with E-state index >= 15 is 0 Å². The van der Waals surface area contributed by atoms with E-state index in [2.05, 4.69) is 59.7 Å². The minimum atomic E-state index is 0.0245. The molecule has 0 saturated carbocycles. The fourth-order valence-electron chi connectivity index (χ4n) is 2.32. The molecule has 0 spiro atoms. The first kappa shape index (κ1) is 13.3. The van der Waals surface area contributed by atoms with E-state index in [4.69, 9.17) is 8.83 Å². The lowest BCUT2D eigenvalue weighted by Gasteiger charge is -2.13. The maximum absolute atomic E-state index is 5.98. The predicted octanol–water partition coefficient (Wildman–Crippen LogP) is 5.77. The second-order valence-electron chi connectivity index (χ2n) is 7.65. The molecule has 0 aliphatic carbocycles. The fourth-order valence-corrected chi connectivity index (χ4v) is 2.32. The van der Waals surface area contributed by atoms with Crippen LogP contribution >= 0.6 is 0 Å². The van der Waals surface area contributed by atoms with Gasteiger partial charge in [-0.25, -0.2) is 0 Å². The summed E-state index contributed by atoms with van der Waals surface area (Å²) in [5.41, 5.74) is 1.85. The SMILES string of the molecule is CC(C)(C)c1cc2cc3cc(C(C)(C)C)oc3cc2o1. The largest absolute Gasteiger partial charge is 0.460 e. The zero-order chi connectivity index (χ0) is 14.7. The van der Waals surface area contributed by atoms with E-state index in [1.807, 2.05) is 6.07 Å². The second-order valence-corrected chi connectivity index (χ2v) is 7.65. The van der Waals surface area contributed by atoms with E-state index in [0.717, 1.165) is 33.5 Å². The van der Waals surface area contributed by atoms with E-state index in [1.54, 1.807) is 0 Å². The van der Waals surface area contributed by atoms with Crippen LogP contribution in [0.15, 0.2) is 33.1 Å². The molecule has 0 bridgehead atoms. The Labute approximate surface area is 119 Å². The highest BCUT2D eigenvalue weighted by molar-refractivity contribution is 5.94. The zero-order valence-electron chi connectivity index (χ0n) is 13.1. The highest BCUT2D eigenvalue weighted by Crippen LogP contribution is 2.34. The summed E-state index contributed by atoms with van der Waals surface area (Å²) >= 11 is 0. The Morgan fingerprint density at radius 1 is 0.600 bits per heavy atom. The molecule has 0 unspecified atom stereocenters. The topological polar surface area (TPSA) is 26.3 Å². The first-order chi connectivity index (χ1) is 9.14. The van der Waals surface area contributed by atoms with Gasteiger partial charge >= 0.3 is 0 Å². The van der Waals surface area contributed by atoms with Gasteiger partial charge in [-0.05, 0) is 18.2 Å². The molecule has 0 aliphatic heterocycles. The van der Waals surface area contributed by atoms with Gasteiger partial charge in [0, 0.05) is 27.7 Å². The van der Waals surface area contributed by atoms with E-state index < -0.39 is 0 Å². The standard InChI is InChI=1S/C18H22O2/c1-17(2,3)15-8-11-7-12-9-16(18(4,5)6)20-14(12)10-13(11)19-15/h7-10H,1-6H3. The average Bonchev–Trinajstić information content (AvgIpc) is 2.85. The molecule has 3 aromatic rings. The summed E-state index contributed by atoms with van der Waals surface area (Å²) < 4.78 is 12.0. The van der Waals surface area contributed by atoms with Gasteiger partial charge in [0.25, 0.3) is 0 Å². The number of fused-ring (bicyclic) bond motifs is 2. The van der Waals surface area contributed by atoms with Gasteiger partial charge in [0.05, 0.1) is 0 Å². The summed E-state index contributed by atoms with van der Waals surface area (Å²) in [5, 5.41) is 2.28. The molecule has 0 N–H and O–H groups in total. The molecule has 20 heavy (non-hydrogen) atoms. The Kier molecular flexibility index (Phi) is 2.60. The monoisotopic (exact) mass is 270 g/mol. The molecule has 0 atom stereocenters. The van der Waals surface area contributed by atoms with Crippen LogP contribution < -0.4 is 0 Å². The van der Waals surface area contributed by atoms with Crippen LogP contribution in [0.4, 0.5) is 0 Å². The minimum absolute atomic E-state index is 0.0245. The van der Waals surface area contributed by atoms with Crippen LogP contribution in [0.25, 0.3) is 21.9 Å². The molecule has 0 aliphatic rings. The van der Waals surface area contributed by atoms with Gasteiger partial charge in [-0.15, -0.1) is 0 Å². The molecular formula is C18H22O2. The first-order valence-electron chi connectivity index (χ1n) is 7.13. The lowest BCUT2D eigenvalue weighted by atomic mass is 9.93. The van der Waals surface area contributed by atoms with Crippen molar-refractivity contribution in [3.8, 4) is 0 Å². The molecule has 0 saturated heterocycles. The molecule has 3 rings (SSSR count). The zero-order valence-corrected chi connectivity index (χ0v) is 13.1. The van der Waals surface area contributed by atoms with Gasteiger partial charge in [-0.1, -0.05) is 41.5 Å². The van der Waals surface area contributed by atoms with Gasteiger partial charge in [0.15, 0.2) is 0 Å². The van der Waals surface area contributed by atoms with E-state index in [1.165, 1.54) is 0 Å². The molecule has 2 aromatic heterocycles. The molecule has 0 fully saturated rings. The van der Waals surface area contributed by atoms with Crippen molar-refractivity contribution < 1.29 is 8.83 Å². The van der Waals surface area contributed by atoms with Crippen molar-refractivity contribution in [3.05, 3.63) is 35.8 Å². The second kappa shape index (κ2) is 3.91. The summed E-state index contributed by atoms with van der Waals surface area (Å²) in [6.45, 7) is 13.0. The Bertz CT molecular complexity index is 659. The fraction of sp³-hybridized carbons (Fsp3) is 0.444. The van der Waals surface area contributed by atoms with Crippen molar-refractivity contribution in [1.82, 2.24) is 0 Å². The summed E-state index contributed by atoms with van der Waals surface area (Å²) in [5.74, 6) is 2.02.